The summed E-state index contributed by atoms with van der Waals surface area (Å²) in [5.74, 6) is -62.8. The normalized spacial score (nSPS) is 15.2. The van der Waals surface area contributed by atoms with Gasteiger partial charge in [-0.05, 0) is 18.5 Å². The molecule has 1 amide bonds. The summed E-state index contributed by atoms with van der Waals surface area (Å²) >= 11 is 3.38. The summed E-state index contributed by atoms with van der Waals surface area (Å²) in [6, 6.07) is 0. The molecule has 0 atom stereocenters. The van der Waals surface area contributed by atoms with Gasteiger partial charge in [0.25, 0.3) is 5.91 Å². The Bertz CT molecular complexity index is 779. The van der Waals surface area contributed by atoms with Crippen molar-refractivity contribution in [1.29, 1.82) is 0 Å². The molecular weight excluding hydrogens is 558 g/mol. The number of ether oxygens (including phenoxy) is 1. The molecule has 4 nitrogen and oxygen atoms in total. The Morgan fingerprint density at radius 1 is 0.647 bits per heavy atom. The van der Waals surface area contributed by atoms with Gasteiger partial charge in [0.15, 0.2) is 0 Å². The fraction of sp³-hybridized carbons (Fsp3) is 0.846. The summed E-state index contributed by atoms with van der Waals surface area (Å²) < 4.78 is 216. The van der Waals surface area contributed by atoms with Crippen LogP contribution in [0.25, 0.3) is 0 Å². The first-order chi connectivity index (χ1) is 14.6. The van der Waals surface area contributed by atoms with Crippen molar-refractivity contribution in [3.05, 3.63) is 0 Å². The molecule has 0 radical (unpaired) electrons. The Labute approximate surface area is 181 Å². The fourth-order valence-corrected chi connectivity index (χ4v) is 1.90. The standard InChI is InChI=1S/C13H8ClF16NO3/c1-2-34-4(32)3-31-5(33)6(15,16)7(17,18)8(19,20)9(21,22)10(23,24)11(25,26)12(27,28)13(14,29)30/h2-3H2,1H3,(H,31,33). The number of alkyl halides is 17. The molecule has 34 heavy (non-hydrogen) atoms. The summed E-state index contributed by atoms with van der Waals surface area (Å²) in [6.45, 7) is -1.27. The van der Waals surface area contributed by atoms with Crippen LogP contribution >= 0.6 is 11.6 Å². The largest absolute Gasteiger partial charge is 0.465 e. The third-order valence-corrected chi connectivity index (χ3v) is 3.94. The van der Waals surface area contributed by atoms with Gasteiger partial charge in [-0.3, -0.25) is 9.59 Å². The Hall–Kier alpha value is -1.89. The Balaban J connectivity index is 6.50. The van der Waals surface area contributed by atoms with Crippen LogP contribution in [0.5, 0.6) is 0 Å². The molecule has 0 spiro atoms. The summed E-state index contributed by atoms with van der Waals surface area (Å²) in [7, 11) is 0. The molecule has 0 saturated carbocycles. The fourth-order valence-electron chi connectivity index (χ4n) is 1.78. The van der Waals surface area contributed by atoms with Crippen molar-refractivity contribution in [1.82, 2.24) is 5.32 Å². The van der Waals surface area contributed by atoms with Crippen molar-refractivity contribution >= 4 is 23.5 Å². The Morgan fingerprint density at radius 2 is 0.971 bits per heavy atom. The SMILES string of the molecule is CCOC(=O)CNC(=O)C(F)(F)C(F)(F)C(F)(F)C(F)(F)C(F)(F)C(F)(F)C(F)(F)C(F)(F)Cl. The maximum absolute atomic E-state index is 13.5. The monoisotopic (exact) mass is 565 g/mol. The maximum Gasteiger partial charge on any atom is 0.393 e. The molecular formula is C13H8ClF16NO3. The highest BCUT2D eigenvalue weighted by Crippen LogP contribution is 2.64. The van der Waals surface area contributed by atoms with Gasteiger partial charge in [-0.2, -0.15) is 70.2 Å². The predicted molar refractivity (Wildman–Crippen MR) is 75.1 cm³/mol. The quantitative estimate of drug-likeness (QED) is 0.219. The minimum Gasteiger partial charge on any atom is -0.465 e. The summed E-state index contributed by atoms with van der Waals surface area (Å²) in [6.07, 6.45) is 0. The predicted octanol–water partition coefficient (Wildman–Crippen LogP) is 4.94. The second kappa shape index (κ2) is 8.96. The Kier molecular flexibility index (Phi) is 8.46. The van der Waals surface area contributed by atoms with Gasteiger partial charge in [-0.1, -0.05) is 0 Å². The lowest BCUT2D eigenvalue weighted by Gasteiger charge is -2.42. The zero-order valence-electron chi connectivity index (χ0n) is 15.6. The van der Waals surface area contributed by atoms with E-state index >= 15 is 0 Å². The molecule has 202 valence electrons. The van der Waals surface area contributed by atoms with Crippen LogP contribution in [0.2, 0.25) is 0 Å². The van der Waals surface area contributed by atoms with Gasteiger partial charge in [0.1, 0.15) is 6.54 Å². The second-order valence-electron chi connectivity index (χ2n) is 6.01. The number of carbonyl (C=O) groups is 2. The molecule has 0 aromatic heterocycles. The van der Waals surface area contributed by atoms with Crippen molar-refractivity contribution in [2.24, 2.45) is 0 Å². The lowest BCUT2D eigenvalue weighted by molar-refractivity contribution is -0.446. The van der Waals surface area contributed by atoms with E-state index in [9.17, 15) is 79.8 Å². The summed E-state index contributed by atoms with van der Waals surface area (Å²) in [5.41, 5.74) is 0. The lowest BCUT2D eigenvalue weighted by Crippen LogP contribution is -2.75. The van der Waals surface area contributed by atoms with Crippen molar-refractivity contribution in [2.45, 2.75) is 53.8 Å². The van der Waals surface area contributed by atoms with E-state index in [-0.39, 0.29) is 0 Å². The van der Waals surface area contributed by atoms with Crippen LogP contribution in [-0.2, 0) is 14.3 Å². The Morgan fingerprint density at radius 3 is 1.29 bits per heavy atom. The zero-order chi connectivity index (χ0) is 28.0. The van der Waals surface area contributed by atoms with E-state index < -0.39 is 71.9 Å². The molecule has 0 aliphatic rings. The van der Waals surface area contributed by atoms with Crippen LogP contribution in [0.3, 0.4) is 0 Å². The number of amides is 1. The maximum atomic E-state index is 13.5. The number of halogens is 17. The number of hydrogen-bond donors (Lipinski definition) is 1. The first-order valence-corrected chi connectivity index (χ1v) is 8.16. The molecule has 0 heterocycles. The van der Waals surface area contributed by atoms with Crippen LogP contribution in [0.15, 0.2) is 0 Å². The second-order valence-corrected chi connectivity index (χ2v) is 6.48. The topological polar surface area (TPSA) is 55.4 Å². The van der Waals surface area contributed by atoms with Crippen molar-refractivity contribution in [3.63, 3.8) is 0 Å². The van der Waals surface area contributed by atoms with Gasteiger partial charge in [0, 0.05) is 0 Å². The van der Waals surface area contributed by atoms with Gasteiger partial charge in [0.05, 0.1) is 6.61 Å². The van der Waals surface area contributed by atoms with Gasteiger partial charge in [-0.25, -0.2) is 0 Å². The molecule has 0 unspecified atom stereocenters. The molecule has 0 rings (SSSR count). The number of hydrogen-bond acceptors (Lipinski definition) is 3. The first kappa shape index (κ1) is 32.1. The van der Waals surface area contributed by atoms with Crippen molar-refractivity contribution in [3.8, 4) is 0 Å². The van der Waals surface area contributed by atoms with Crippen LogP contribution < -0.4 is 5.32 Å². The van der Waals surface area contributed by atoms with E-state index in [1.807, 2.05) is 0 Å². The molecule has 0 aliphatic heterocycles. The minimum atomic E-state index is -8.68. The molecule has 0 aromatic carbocycles. The van der Waals surface area contributed by atoms with Crippen LogP contribution in [0.4, 0.5) is 70.2 Å². The highest BCUT2D eigenvalue weighted by atomic mass is 35.5. The molecule has 0 fully saturated rings. The number of esters is 1. The smallest absolute Gasteiger partial charge is 0.393 e. The van der Waals surface area contributed by atoms with Gasteiger partial charge in [-0.15, -0.1) is 0 Å². The molecule has 0 aromatic rings. The minimum absolute atomic E-state index is 0.456. The summed E-state index contributed by atoms with van der Waals surface area (Å²) in [5, 5.41) is -6.43. The van der Waals surface area contributed by atoms with E-state index in [0.717, 1.165) is 6.92 Å². The van der Waals surface area contributed by atoms with E-state index in [0.29, 0.717) is 5.32 Å². The van der Waals surface area contributed by atoms with Gasteiger partial charge in [0.2, 0.25) is 0 Å². The average Bonchev–Trinajstić information content (AvgIpc) is 2.64. The van der Waals surface area contributed by atoms with Crippen molar-refractivity contribution in [2.75, 3.05) is 13.2 Å². The molecule has 0 aliphatic carbocycles. The summed E-state index contributed by atoms with van der Waals surface area (Å²) in [4.78, 5) is 21.9. The van der Waals surface area contributed by atoms with E-state index in [2.05, 4.69) is 16.3 Å². The van der Waals surface area contributed by atoms with E-state index in [1.54, 1.807) is 0 Å². The van der Waals surface area contributed by atoms with Crippen LogP contribution in [-0.4, -0.2) is 71.9 Å². The molecule has 0 bridgehead atoms. The molecule has 21 heteroatoms. The average molecular weight is 566 g/mol. The lowest BCUT2D eigenvalue weighted by atomic mass is 9.89. The van der Waals surface area contributed by atoms with Crippen LogP contribution in [0, 0.1) is 0 Å². The van der Waals surface area contributed by atoms with Crippen LogP contribution in [0.1, 0.15) is 6.92 Å². The van der Waals surface area contributed by atoms with E-state index in [4.69, 9.17) is 0 Å². The first-order valence-electron chi connectivity index (χ1n) is 7.78. The highest BCUT2D eigenvalue weighted by molar-refractivity contribution is 6.22. The van der Waals surface area contributed by atoms with E-state index in [1.165, 1.54) is 0 Å². The van der Waals surface area contributed by atoms with Gasteiger partial charge >= 0.3 is 52.8 Å². The highest BCUT2D eigenvalue weighted by Gasteiger charge is 2.95. The zero-order valence-corrected chi connectivity index (χ0v) is 16.3. The molecule has 0 saturated heterocycles. The third kappa shape index (κ3) is 4.52. The number of nitrogens with one attached hydrogen (secondary N) is 1. The number of rotatable bonds is 11. The molecule has 1 N–H and O–H groups in total. The van der Waals surface area contributed by atoms with Gasteiger partial charge < -0.3 is 10.1 Å². The van der Waals surface area contributed by atoms with Crippen molar-refractivity contribution < 1.29 is 84.6 Å². The number of carbonyl (C=O) groups excluding carboxylic acids is 2. The third-order valence-electron chi connectivity index (χ3n) is 3.71.